The van der Waals surface area contributed by atoms with E-state index in [4.69, 9.17) is 37.0 Å². The van der Waals surface area contributed by atoms with E-state index in [0.717, 1.165) is 102 Å². The van der Waals surface area contributed by atoms with Crippen LogP contribution in [-0.2, 0) is 65.4 Å². The number of carbonyl (C=O) groups excluding carboxylic acids is 4. The third-order valence-corrected chi connectivity index (χ3v) is 19.4. The summed E-state index contributed by atoms with van der Waals surface area (Å²) in [5.41, 5.74) is 0. The van der Waals surface area contributed by atoms with Gasteiger partial charge in [0.15, 0.2) is 12.2 Å². The highest BCUT2D eigenvalue weighted by atomic mass is 31.2. The highest BCUT2D eigenvalue weighted by Crippen LogP contribution is 2.45. The standard InChI is InChI=1S/C75H146O17P2/c1-7-9-11-13-15-17-18-19-25-28-34-40-46-52-58-73(78)86-64-71(91-74(79)59-53-47-41-35-29-26-23-21-20-22-24-27-32-37-43-49-55-67(3)4)66-90-94(83,84)88-62-69(76)61-87-93(81,82)89-65-70(63-85-72(77)57-51-45-39-31-16-14-12-10-8-2)92-75(80)60-54-48-42-36-30-33-38-44-50-56-68(5)6/h67-71,76H,7-66H2,1-6H3,(H,81,82)(H,83,84)/t69-,70+,71+/m0/s1. The van der Waals surface area contributed by atoms with Gasteiger partial charge >= 0.3 is 39.5 Å². The van der Waals surface area contributed by atoms with E-state index >= 15 is 0 Å². The fourth-order valence-corrected chi connectivity index (χ4v) is 13.1. The van der Waals surface area contributed by atoms with Crippen LogP contribution in [0.3, 0.4) is 0 Å². The lowest BCUT2D eigenvalue weighted by Crippen LogP contribution is -2.30. The molecular formula is C75H146O17P2. The van der Waals surface area contributed by atoms with Gasteiger partial charge in [-0.05, 0) is 37.5 Å². The number of aliphatic hydroxyl groups excluding tert-OH is 1. The van der Waals surface area contributed by atoms with E-state index in [9.17, 15) is 43.2 Å². The zero-order chi connectivity index (χ0) is 69.3. The number of rotatable bonds is 74. The summed E-state index contributed by atoms with van der Waals surface area (Å²) in [6.07, 6.45) is 54.1. The van der Waals surface area contributed by atoms with Crippen molar-refractivity contribution >= 4 is 39.5 Å². The van der Waals surface area contributed by atoms with Gasteiger partial charge in [0.05, 0.1) is 26.4 Å². The first-order valence-corrected chi connectivity index (χ1v) is 42.0. The molecule has 2 unspecified atom stereocenters. The van der Waals surface area contributed by atoms with E-state index in [-0.39, 0.29) is 25.7 Å². The van der Waals surface area contributed by atoms with Gasteiger partial charge in [0.25, 0.3) is 0 Å². The Morgan fingerprint density at radius 1 is 0.287 bits per heavy atom. The molecule has 0 aliphatic rings. The second-order valence-corrected chi connectivity index (χ2v) is 30.9. The van der Waals surface area contributed by atoms with Gasteiger partial charge in [-0.25, -0.2) is 9.13 Å². The molecule has 0 heterocycles. The Bertz CT molecular complexity index is 1820. The molecule has 17 nitrogen and oxygen atoms in total. The van der Waals surface area contributed by atoms with Crippen LogP contribution in [0, 0.1) is 11.8 Å². The van der Waals surface area contributed by atoms with E-state index in [1.165, 1.54) is 205 Å². The Morgan fingerprint density at radius 3 is 0.723 bits per heavy atom. The summed E-state index contributed by atoms with van der Waals surface area (Å²) in [5.74, 6) is -0.572. The lowest BCUT2D eigenvalue weighted by molar-refractivity contribution is -0.161. The third kappa shape index (κ3) is 68.6. The molecule has 0 radical (unpaired) electrons. The van der Waals surface area contributed by atoms with E-state index < -0.39 is 97.5 Å². The maximum Gasteiger partial charge on any atom is 0.472 e. The summed E-state index contributed by atoms with van der Waals surface area (Å²) in [6.45, 7) is 9.58. The molecule has 0 saturated carbocycles. The quantitative estimate of drug-likeness (QED) is 0.0222. The molecule has 0 aromatic heterocycles. The number of carbonyl (C=O) groups is 4. The molecule has 0 aliphatic heterocycles. The minimum absolute atomic E-state index is 0.105. The Labute approximate surface area is 575 Å². The van der Waals surface area contributed by atoms with Crippen molar-refractivity contribution in [1.82, 2.24) is 0 Å². The van der Waals surface area contributed by atoms with E-state index in [0.29, 0.717) is 25.7 Å². The van der Waals surface area contributed by atoms with Crippen LogP contribution in [0.5, 0.6) is 0 Å². The van der Waals surface area contributed by atoms with Gasteiger partial charge in [-0.1, -0.05) is 337 Å². The number of hydrogen-bond acceptors (Lipinski definition) is 15. The fraction of sp³-hybridized carbons (Fsp3) is 0.947. The molecule has 0 aromatic rings. The largest absolute Gasteiger partial charge is 0.472 e. The number of unbranched alkanes of at least 4 members (excludes halogenated alkanes) is 44. The average Bonchev–Trinajstić information content (AvgIpc) is 1.29. The summed E-state index contributed by atoms with van der Waals surface area (Å²) in [5, 5.41) is 10.6. The normalized spacial score (nSPS) is 14.0. The van der Waals surface area contributed by atoms with E-state index in [2.05, 4.69) is 41.5 Å². The predicted molar refractivity (Wildman–Crippen MR) is 381 cm³/mol. The first kappa shape index (κ1) is 92.1. The van der Waals surface area contributed by atoms with Gasteiger partial charge in [-0.15, -0.1) is 0 Å². The topological polar surface area (TPSA) is 237 Å². The smallest absolute Gasteiger partial charge is 0.462 e. The van der Waals surface area contributed by atoms with Crippen LogP contribution in [-0.4, -0.2) is 96.7 Å². The first-order valence-electron chi connectivity index (χ1n) is 39.0. The molecule has 5 atom stereocenters. The molecule has 94 heavy (non-hydrogen) atoms. The average molecular weight is 1380 g/mol. The summed E-state index contributed by atoms with van der Waals surface area (Å²) in [6, 6.07) is 0. The lowest BCUT2D eigenvalue weighted by atomic mass is 10.0. The zero-order valence-electron chi connectivity index (χ0n) is 61.3. The SMILES string of the molecule is CCCCCCCCCCCCCCCCC(=O)OC[C@H](COP(=O)(O)OC[C@@H](O)COP(=O)(O)OC[C@@H](COC(=O)CCCCCCCCCCC)OC(=O)CCCCCCCCCCCC(C)C)OC(=O)CCCCCCCCCCCCCCCCCCC(C)C. The molecule has 0 rings (SSSR count). The Kier molecular flexibility index (Phi) is 65.5. The van der Waals surface area contributed by atoms with Gasteiger partial charge in [0.1, 0.15) is 19.3 Å². The molecule has 0 aliphatic carbocycles. The van der Waals surface area contributed by atoms with Gasteiger partial charge in [-0.3, -0.25) is 37.3 Å². The molecular weight excluding hydrogens is 1230 g/mol. The molecule has 0 fully saturated rings. The van der Waals surface area contributed by atoms with Crippen LogP contribution in [0.1, 0.15) is 388 Å². The van der Waals surface area contributed by atoms with E-state index in [1.54, 1.807) is 0 Å². The van der Waals surface area contributed by atoms with Crippen LogP contribution >= 0.6 is 15.6 Å². The highest BCUT2D eigenvalue weighted by molar-refractivity contribution is 7.47. The van der Waals surface area contributed by atoms with Crippen molar-refractivity contribution in [1.29, 1.82) is 0 Å². The lowest BCUT2D eigenvalue weighted by Gasteiger charge is -2.21. The van der Waals surface area contributed by atoms with Crippen LogP contribution in [0.25, 0.3) is 0 Å². The second kappa shape index (κ2) is 66.9. The van der Waals surface area contributed by atoms with Gasteiger partial charge in [0, 0.05) is 25.7 Å². The molecule has 0 bridgehead atoms. The molecule has 3 N–H and O–H groups in total. The highest BCUT2D eigenvalue weighted by Gasteiger charge is 2.30. The van der Waals surface area contributed by atoms with Crippen LogP contribution in [0.2, 0.25) is 0 Å². The molecule has 0 saturated heterocycles. The van der Waals surface area contributed by atoms with Gasteiger partial charge in [0.2, 0.25) is 0 Å². The van der Waals surface area contributed by atoms with Gasteiger partial charge < -0.3 is 33.8 Å². The van der Waals surface area contributed by atoms with Crippen molar-refractivity contribution < 1.29 is 80.2 Å². The van der Waals surface area contributed by atoms with Crippen LogP contribution < -0.4 is 0 Å². The van der Waals surface area contributed by atoms with Crippen molar-refractivity contribution in [2.45, 2.75) is 407 Å². The molecule has 0 amide bonds. The van der Waals surface area contributed by atoms with Crippen molar-refractivity contribution in [2.75, 3.05) is 39.6 Å². The molecule has 19 heteroatoms. The Hall–Kier alpha value is -1.94. The number of aliphatic hydroxyl groups is 1. The van der Waals surface area contributed by atoms with Crippen LogP contribution in [0.15, 0.2) is 0 Å². The summed E-state index contributed by atoms with van der Waals surface area (Å²) < 4.78 is 68.4. The van der Waals surface area contributed by atoms with E-state index in [1.807, 2.05) is 0 Å². The van der Waals surface area contributed by atoms with Gasteiger partial charge in [-0.2, -0.15) is 0 Å². The maximum atomic E-state index is 13.1. The number of phosphoric ester groups is 2. The Morgan fingerprint density at radius 2 is 0.489 bits per heavy atom. The van der Waals surface area contributed by atoms with Crippen molar-refractivity contribution in [3.05, 3.63) is 0 Å². The minimum atomic E-state index is -4.96. The maximum absolute atomic E-state index is 13.1. The third-order valence-electron chi connectivity index (χ3n) is 17.5. The number of ether oxygens (including phenoxy) is 4. The summed E-state index contributed by atoms with van der Waals surface area (Å²) in [4.78, 5) is 72.7. The number of hydrogen-bond donors (Lipinski definition) is 3. The Balaban J connectivity index is 5.22. The summed E-state index contributed by atoms with van der Waals surface area (Å²) >= 11 is 0. The molecule has 558 valence electrons. The number of phosphoric acid groups is 2. The van der Waals surface area contributed by atoms with Crippen molar-refractivity contribution in [3.63, 3.8) is 0 Å². The monoisotopic (exact) mass is 1380 g/mol. The van der Waals surface area contributed by atoms with Crippen LogP contribution in [0.4, 0.5) is 0 Å². The molecule has 0 spiro atoms. The van der Waals surface area contributed by atoms with Crippen molar-refractivity contribution in [2.24, 2.45) is 11.8 Å². The fourth-order valence-electron chi connectivity index (χ4n) is 11.5. The predicted octanol–water partition coefficient (Wildman–Crippen LogP) is 21.9. The molecule has 0 aromatic carbocycles. The summed E-state index contributed by atoms with van der Waals surface area (Å²) in [7, 11) is -9.91. The number of esters is 4. The van der Waals surface area contributed by atoms with Crippen molar-refractivity contribution in [3.8, 4) is 0 Å². The zero-order valence-corrected chi connectivity index (χ0v) is 63.1. The first-order chi connectivity index (χ1) is 45.4. The second-order valence-electron chi connectivity index (χ2n) is 28.0. The minimum Gasteiger partial charge on any atom is -0.462 e.